The van der Waals surface area contributed by atoms with Crippen molar-refractivity contribution in [2.45, 2.75) is 13.8 Å². The second kappa shape index (κ2) is 3.10. The predicted molar refractivity (Wildman–Crippen MR) is 34.0 cm³/mol. The normalized spacial score (nSPS) is 12.2. The van der Waals surface area contributed by atoms with Gasteiger partial charge in [-0.3, -0.25) is 14.4 Å². The van der Waals surface area contributed by atoms with Crippen LogP contribution in [0.5, 0.6) is 0 Å². The molecule has 1 unspecified atom stereocenters. The molecular weight excluding hydrogens is 134 g/mol. The third-order valence-corrected chi connectivity index (χ3v) is 1.17. The van der Waals surface area contributed by atoms with Crippen molar-refractivity contribution < 1.29 is 14.4 Å². The minimum absolute atomic E-state index is 0.633. The van der Waals surface area contributed by atoms with Crippen LogP contribution in [0.3, 0.4) is 0 Å². The third-order valence-electron chi connectivity index (χ3n) is 1.17. The van der Waals surface area contributed by atoms with Crippen LogP contribution >= 0.6 is 0 Å². The molecule has 0 saturated heterocycles. The summed E-state index contributed by atoms with van der Waals surface area (Å²) in [6.07, 6.45) is 0. The number of hydrogen-bond acceptors (Lipinski definition) is 3. The van der Waals surface area contributed by atoms with Crippen molar-refractivity contribution in [2.24, 2.45) is 11.7 Å². The SMILES string of the molecule is CC(=O)C(=O)C(C)C(N)=O. The standard InChI is InChI=1S/C6H9NO3/c1-3(6(7)10)5(9)4(2)8/h3H,1-2H3,(H2,7,10). The molecule has 0 aromatic heterocycles. The highest BCUT2D eigenvalue weighted by Crippen LogP contribution is 1.95. The summed E-state index contributed by atoms with van der Waals surface area (Å²) in [5.41, 5.74) is 4.76. The number of rotatable bonds is 3. The van der Waals surface area contributed by atoms with Crippen LogP contribution in [0.4, 0.5) is 0 Å². The second-order valence-corrected chi connectivity index (χ2v) is 2.04. The number of carbonyl (C=O) groups is 3. The Kier molecular flexibility index (Phi) is 2.73. The van der Waals surface area contributed by atoms with Gasteiger partial charge in [0.2, 0.25) is 11.7 Å². The van der Waals surface area contributed by atoms with Crippen molar-refractivity contribution >= 4 is 17.5 Å². The largest absolute Gasteiger partial charge is 0.369 e. The lowest BCUT2D eigenvalue weighted by Crippen LogP contribution is -2.31. The summed E-state index contributed by atoms with van der Waals surface area (Å²) < 4.78 is 0. The minimum Gasteiger partial charge on any atom is -0.369 e. The molecule has 0 saturated carbocycles. The molecule has 0 spiro atoms. The summed E-state index contributed by atoms with van der Waals surface area (Å²) in [4.78, 5) is 31.3. The number of nitrogens with two attached hydrogens (primary N) is 1. The maximum Gasteiger partial charge on any atom is 0.228 e. The van der Waals surface area contributed by atoms with E-state index in [0.29, 0.717) is 0 Å². The van der Waals surface area contributed by atoms with Gasteiger partial charge < -0.3 is 5.73 Å². The molecule has 0 aromatic rings. The van der Waals surface area contributed by atoms with Crippen LogP contribution in [0.2, 0.25) is 0 Å². The number of ketones is 2. The molecular formula is C6H9NO3. The highest BCUT2D eigenvalue weighted by Gasteiger charge is 2.21. The van der Waals surface area contributed by atoms with Crippen LogP contribution in [0, 0.1) is 5.92 Å². The van der Waals surface area contributed by atoms with Gasteiger partial charge in [-0.15, -0.1) is 0 Å². The topological polar surface area (TPSA) is 77.2 Å². The summed E-state index contributed by atoms with van der Waals surface area (Å²) in [6.45, 7) is 2.42. The van der Waals surface area contributed by atoms with Gasteiger partial charge in [0.15, 0.2) is 5.78 Å². The predicted octanol–water partition coefficient (Wildman–Crippen LogP) is -0.734. The fourth-order valence-corrected chi connectivity index (χ4v) is 0.434. The van der Waals surface area contributed by atoms with Crippen molar-refractivity contribution in [2.75, 3.05) is 0 Å². The van der Waals surface area contributed by atoms with Gasteiger partial charge in [0.05, 0.1) is 0 Å². The zero-order valence-electron chi connectivity index (χ0n) is 5.88. The highest BCUT2D eigenvalue weighted by molar-refractivity contribution is 6.40. The lowest BCUT2D eigenvalue weighted by molar-refractivity contribution is -0.140. The number of primary amides is 1. The Balaban J connectivity index is 4.22. The van der Waals surface area contributed by atoms with Gasteiger partial charge in [0, 0.05) is 6.92 Å². The quantitative estimate of drug-likeness (QED) is 0.417. The van der Waals surface area contributed by atoms with Crippen LogP contribution < -0.4 is 5.73 Å². The molecule has 1 amide bonds. The zero-order chi connectivity index (χ0) is 8.31. The van der Waals surface area contributed by atoms with Crippen molar-refractivity contribution in [3.05, 3.63) is 0 Å². The fourth-order valence-electron chi connectivity index (χ4n) is 0.434. The lowest BCUT2D eigenvalue weighted by Gasteiger charge is -2.00. The molecule has 1 atom stereocenters. The number of amides is 1. The molecule has 0 aliphatic rings. The minimum atomic E-state index is -0.988. The first-order valence-corrected chi connectivity index (χ1v) is 2.81. The molecule has 0 radical (unpaired) electrons. The van der Waals surface area contributed by atoms with E-state index in [1.54, 1.807) is 0 Å². The lowest BCUT2D eigenvalue weighted by atomic mass is 10.0. The number of carbonyl (C=O) groups excluding carboxylic acids is 3. The van der Waals surface area contributed by atoms with Gasteiger partial charge >= 0.3 is 0 Å². The van der Waals surface area contributed by atoms with E-state index in [2.05, 4.69) is 0 Å². The maximum absolute atomic E-state index is 10.6. The van der Waals surface area contributed by atoms with Crippen molar-refractivity contribution in [1.29, 1.82) is 0 Å². The van der Waals surface area contributed by atoms with Gasteiger partial charge in [0.1, 0.15) is 5.92 Å². The first kappa shape index (κ1) is 8.81. The molecule has 56 valence electrons. The van der Waals surface area contributed by atoms with Gasteiger partial charge in [0.25, 0.3) is 0 Å². The van der Waals surface area contributed by atoms with E-state index < -0.39 is 23.4 Å². The first-order chi connectivity index (χ1) is 4.46. The van der Waals surface area contributed by atoms with E-state index in [-0.39, 0.29) is 0 Å². The Morgan fingerprint density at radius 2 is 1.70 bits per heavy atom. The average molecular weight is 143 g/mol. The number of Topliss-reactive ketones (excluding diaryl/α,β-unsaturated/α-hetero) is 2. The van der Waals surface area contributed by atoms with Gasteiger partial charge in [-0.05, 0) is 6.92 Å². The molecule has 0 aromatic carbocycles. The fraction of sp³-hybridized carbons (Fsp3) is 0.500. The second-order valence-electron chi connectivity index (χ2n) is 2.04. The highest BCUT2D eigenvalue weighted by atomic mass is 16.2. The van der Waals surface area contributed by atoms with Crippen molar-refractivity contribution in [3.8, 4) is 0 Å². The summed E-state index contributed by atoms with van der Waals surface area (Å²) >= 11 is 0. The molecule has 10 heavy (non-hydrogen) atoms. The summed E-state index contributed by atoms with van der Waals surface area (Å²) in [6, 6.07) is 0. The van der Waals surface area contributed by atoms with E-state index in [0.717, 1.165) is 6.92 Å². The van der Waals surface area contributed by atoms with E-state index in [4.69, 9.17) is 5.73 Å². The van der Waals surface area contributed by atoms with E-state index in [9.17, 15) is 14.4 Å². The van der Waals surface area contributed by atoms with E-state index in [1.807, 2.05) is 0 Å². The number of hydrogen-bond donors (Lipinski definition) is 1. The van der Waals surface area contributed by atoms with E-state index >= 15 is 0 Å². The van der Waals surface area contributed by atoms with Gasteiger partial charge in [-0.2, -0.15) is 0 Å². The molecule has 0 fully saturated rings. The first-order valence-electron chi connectivity index (χ1n) is 2.81. The Morgan fingerprint density at radius 1 is 1.30 bits per heavy atom. The molecule has 0 rings (SSSR count). The smallest absolute Gasteiger partial charge is 0.228 e. The molecule has 0 heterocycles. The van der Waals surface area contributed by atoms with Crippen molar-refractivity contribution in [1.82, 2.24) is 0 Å². The average Bonchev–Trinajstić information content (AvgIpc) is 1.84. The van der Waals surface area contributed by atoms with Gasteiger partial charge in [-0.25, -0.2) is 0 Å². The molecule has 0 bridgehead atoms. The van der Waals surface area contributed by atoms with E-state index in [1.165, 1.54) is 6.92 Å². The zero-order valence-corrected chi connectivity index (χ0v) is 5.88. The third kappa shape index (κ3) is 1.97. The van der Waals surface area contributed by atoms with Crippen LogP contribution in [0.15, 0.2) is 0 Å². The molecule has 2 N–H and O–H groups in total. The Hall–Kier alpha value is -1.19. The molecule has 4 nitrogen and oxygen atoms in total. The van der Waals surface area contributed by atoms with Gasteiger partial charge in [-0.1, -0.05) is 0 Å². The monoisotopic (exact) mass is 143 g/mol. The summed E-state index contributed by atoms with van der Waals surface area (Å²) in [7, 11) is 0. The molecule has 0 aliphatic carbocycles. The Bertz CT molecular complexity index is 185. The summed E-state index contributed by atoms with van der Waals surface area (Å²) in [5, 5.41) is 0. The Labute approximate surface area is 58.4 Å². The maximum atomic E-state index is 10.6. The molecule has 0 aliphatic heterocycles. The van der Waals surface area contributed by atoms with Crippen LogP contribution in [0.25, 0.3) is 0 Å². The van der Waals surface area contributed by atoms with Crippen molar-refractivity contribution in [3.63, 3.8) is 0 Å². The Morgan fingerprint density at radius 3 is 1.80 bits per heavy atom. The van der Waals surface area contributed by atoms with Crippen LogP contribution in [-0.4, -0.2) is 17.5 Å². The van der Waals surface area contributed by atoms with Crippen LogP contribution in [-0.2, 0) is 14.4 Å². The summed E-state index contributed by atoms with van der Waals surface area (Å²) in [5.74, 6) is -3.11. The van der Waals surface area contributed by atoms with Crippen LogP contribution in [0.1, 0.15) is 13.8 Å². The molecule has 4 heteroatoms.